The Labute approximate surface area is 148 Å². The van der Waals surface area contributed by atoms with E-state index < -0.39 is 0 Å². The lowest BCUT2D eigenvalue weighted by molar-refractivity contribution is -0.117. The number of hydrogen-bond donors (Lipinski definition) is 2. The topological polar surface area (TPSA) is 77.2 Å². The molecule has 0 spiro atoms. The summed E-state index contributed by atoms with van der Waals surface area (Å²) in [6.45, 7) is 10.1. The maximum absolute atomic E-state index is 12.3. The number of anilines is 1. The van der Waals surface area contributed by atoms with Gasteiger partial charge in [-0.05, 0) is 32.4 Å². The largest absolute Gasteiger partial charge is 0.322 e. The molecule has 1 amide bonds. The molecule has 3 rings (SSSR count). The summed E-state index contributed by atoms with van der Waals surface area (Å²) in [6, 6.07) is 4.44. The van der Waals surface area contributed by atoms with Crippen molar-refractivity contribution >= 4 is 11.6 Å². The fraction of sp³-hybridized carbons (Fsp3) is 0.500. The number of carbonyl (C=O) groups is 1. The molecule has 0 aliphatic carbocycles. The first-order chi connectivity index (χ1) is 12.0. The van der Waals surface area contributed by atoms with Crippen LogP contribution in [0.4, 0.5) is 5.69 Å². The predicted molar refractivity (Wildman–Crippen MR) is 97.4 cm³/mol. The second-order valence-corrected chi connectivity index (χ2v) is 6.63. The molecule has 0 saturated carbocycles. The Morgan fingerprint density at radius 3 is 2.68 bits per heavy atom. The van der Waals surface area contributed by atoms with E-state index in [4.69, 9.17) is 0 Å². The fourth-order valence-corrected chi connectivity index (χ4v) is 3.26. The lowest BCUT2D eigenvalue weighted by atomic mass is 10.1. The number of hydrogen-bond acceptors (Lipinski definition) is 5. The highest BCUT2D eigenvalue weighted by Gasteiger charge is 2.23. The molecule has 2 N–H and O–H groups in total. The maximum Gasteiger partial charge on any atom is 0.238 e. The van der Waals surface area contributed by atoms with Crippen LogP contribution >= 0.6 is 0 Å². The number of nitrogens with one attached hydrogen (secondary N) is 2. The molecule has 7 nitrogen and oxygen atoms in total. The highest BCUT2D eigenvalue weighted by atomic mass is 16.2. The number of piperazine rings is 1. The SMILES string of the molecule is Cc1n[nH]c(C)c1NC(=O)CN1CCN(C(C)c2cccnc2)CC1. The summed E-state index contributed by atoms with van der Waals surface area (Å²) in [5.41, 5.74) is 3.75. The molecule has 134 valence electrons. The van der Waals surface area contributed by atoms with E-state index in [-0.39, 0.29) is 5.91 Å². The number of aromatic amines is 1. The summed E-state index contributed by atoms with van der Waals surface area (Å²) in [5.74, 6) is 0.0151. The van der Waals surface area contributed by atoms with Crippen molar-refractivity contribution < 1.29 is 4.79 Å². The van der Waals surface area contributed by atoms with Crippen LogP contribution < -0.4 is 5.32 Å². The predicted octanol–water partition coefficient (Wildman–Crippen LogP) is 1.74. The van der Waals surface area contributed by atoms with Crippen molar-refractivity contribution in [2.24, 2.45) is 0 Å². The summed E-state index contributed by atoms with van der Waals surface area (Å²) in [6.07, 6.45) is 3.73. The first-order valence-corrected chi connectivity index (χ1v) is 8.72. The van der Waals surface area contributed by atoms with Gasteiger partial charge in [0, 0.05) is 44.6 Å². The molecule has 1 aliphatic rings. The Bertz CT molecular complexity index is 686. The average molecular weight is 342 g/mol. The highest BCUT2D eigenvalue weighted by molar-refractivity contribution is 5.93. The van der Waals surface area contributed by atoms with E-state index in [9.17, 15) is 4.79 Å². The molecular weight excluding hydrogens is 316 g/mol. The van der Waals surface area contributed by atoms with Crippen molar-refractivity contribution in [2.75, 3.05) is 38.0 Å². The number of carbonyl (C=O) groups excluding carboxylic acids is 1. The van der Waals surface area contributed by atoms with Gasteiger partial charge in [0.05, 0.1) is 23.6 Å². The molecule has 1 aliphatic heterocycles. The van der Waals surface area contributed by atoms with E-state index in [0.29, 0.717) is 12.6 Å². The first kappa shape index (κ1) is 17.6. The van der Waals surface area contributed by atoms with E-state index >= 15 is 0 Å². The van der Waals surface area contributed by atoms with Crippen LogP contribution in [0.5, 0.6) is 0 Å². The summed E-state index contributed by atoms with van der Waals surface area (Å²) in [4.78, 5) is 21.2. The van der Waals surface area contributed by atoms with Crippen molar-refractivity contribution in [3.8, 4) is 0 Å². The van der Waals surface area contributed by atoms with Crippen molar-refractivity contribution in [2.45, 2.75) is 26.8 Å². The van der Waals surface area contributed by atoms with Crippen LogP contribution in [0, 0.1) is 13.8 Å². The van der Waals surface area contributed by atoms with Gasteiger partial charge in [-0.2, -0.15) is 5.10 Å². The standard InChI is InChI=1S/C18H26N6O/c1-13-18(14(2)22-21-13)20-17(25)12-23-7-9-24(10-8-23)15(3)16-5-4-6-19-11-16/h4-6,11,15H,7-10,12H2,1-3H3,(H,20,25)(H,21,22). The van der Waals surface area contributed by atoms with Crippen molar-refractivity contribution in [1.29, 1.82) is 0 Å². The van der Waals surface area contributed by atoms with Gasteiger partial charge in [-0.15, -0.1) is 0 Å². The summed E-state index contributed by atoms with van der Waals surface area (Å²) < 4.78 is 0. The Morgan fingerprint density at radius 1 is 1.32 bits per heavy atom. The minimum atomic E-state index is 0.0151. The minimum Gasteiger partial charge on any atom is -0.322 e. The number of pyridine rings is 1. The second kappa shape index (κ2) is 7.76. The summed E-state index contributed by atoms with van der Waals surface area (Å²) in [5, 5.41) is 9.97. The van der Waals surface area contributed by atoms with Crippen LogP contribution in [0.2, 0.25) is 0 Å². The smallest absolute Gasteiger partial charge is 0.238 e. The summed E-state index contributed by atoms with van der Waals surface area (Å²) in [7, 11) is 0. The van der Waals surface area contributed by atoms with E-state index in [1.807, 2.05) is 26.1 Å². The molecule has 3 heterocycles. The van der Waals surface area contributed by atoms with Crippen LogP contribution in [0.15, 0.2) is 24.5 Å². The van der Waals surface area contributed by atoms with Crippen molar-refractivity contribution in [1.82, 2.24) is 25.0 Å². The van der Waals surface area contributed by atoms with Gasteiger partial charge in [-0.1, -0.05) is 6.07 Å². The third kappa shape index (κ3) is 4.24. The second-order valence-electron chi connectivity index (χ2n) is 6.63. The molecule has 25 heavy (non-hydrogen) atoms. The van der Waals surface area contributed by atoms with Crippen LogP contribution in [-0.4, -0.2) is 63.6 Å². The third-order valence-electron chi connectivity index (χ3n) is 4.88. The van der Waals surface area contributed by atoms with Crippen molar-refractivity contribution in [3.05, 3.63) is 41.5 Å². The number of nitrogens with zero attached hydrogens (tertiary/aromatic N) is 4. The highest BCUT2D eigenvalue weighted by Crippen LogP contribution is 2.21. The van der Waals surface area contributed by atoms with Gasteiger partial charge in [0.25, 0.3) is 0 Å². The normalized spacial score (nSPS) is 17.4. The first-order valence-electron chi connectivity index (χ1n) is 8.72. The Hall–Kier alpha value is -2.25. The van der Waals surface area contributed by atoms with E-state index in [2.05, 4.69) is 43.3 Å². The molecule has 7 heteroatoms. The molecule has 0 bridgehead atoms. The monoisotopic (exact) mass is 342 g/mol. The molecule has 2 aromatic heterocycles. The average Bonchev–Trinajstić information content (AvgIpc) is 2.94. The number of H-pyrrole nitrogens is 1. The zero-order valence-corrected chi connectivity index (χ0v) is 15.1. The number of rotatable bonds is 5. The summed E-state index contributed by atoms with van der Waals surface area (Å²) >= 11 is 0. The Kier molecular flexibility index (Phi) is 5.45. The van der Waals surface area contributed by atoms with Crippen LogP contribution in [0.25, 0.3) is 0 Å². The van der Waals surface area contributed by atoms with Gasteiger partial charge in [0.15, 0.2) is 0 Å². The molecule has 1 unspecified atom stereocenters. The van der Waals surface area contributed by atoms with E-state index in [1.54, 1.807) is 6.20 Å². The van der Waals surface area contributed by atoms with Crippen LogP contribution in [0.1, 0.15) is 29.9 Å². The van der Waals surface area contributed by atoms with E-state index in [0.717, 1.165) is 43.3 Å². The fourth-order valence-electron chi connectivity index (χ4n) is 3.26. The number of aromatic nitrogens is 3. The molecular formula is C18H26N6O. The number of amides is 1. The lowest BCUT2D eigenvalue weighted by Crippen LogP contribution is -2.49. The maximum atomic E-state index is 12.3. The molecule has 1 saturated heterocycles. The molecule has 1 atom stereocenters. The van der Waals surface area contributed by atoms with E-state index in [1.165, 1.54) is 5.56 Å². The zero-order chi connectivity index (χ0) is 17.8. The molecule has 0 aromatic carbocycles. The van der Waals surface area contributed by atoms with Crippen molar-refractivity contribution in [3.63, 3.8) is 0 Å². The van der Waals surface area contributed by atoms with Crippen LogP contribution in [0.3, 0.4) is 0 Å². The van der Waals surface area contributed by atoms with Gasteiger partial charge in [-0.3, -0.25) is 24.7 Å². The van der Waals surface area contributed by atoms with Crippen LogP contribution in [-0.2, 0) is 4.79 Å². The van der Waals surface area contributed by atoms with Gasteiger partial charge in [0.2, 0.25) is 5.91 Å². The van der Waals surface area contributed by atoms with Gasteiger partial charge in [0.1, 0.15) is 0 Å². The lowest BCUT2D eigenvalue weighted by Gasteiger charge is -2.37. The minimum absolute atomic E-state index is 0.0151. The van der Waals surface area contributed by atoms with Gasteiger partial charge in [-0.25, -0.2) is 0 Å². The molecule has 2 aromatic rings. The molecule has 0 radical (unpaired) electrons. The Morgan fingerprint density at radius 2 is 2.08 bits per heavy atom. The third-order valence-corrected chi connectivity index (χ3v) is 4.88. The van der Waals surface area contributed by atoms with Gasteiger partial charge < -0.3 is 5.32 Å². The number of aryl methyl sites for hydroxylation is 2. The zero-order valence-electron chi connectivity index (χ0n) is 15.1. The van der Waals surface area contributed by atoms with Gasteiger partial charge >= 0.3 is 0 Å². The molecule has 1 fully saturated rings. The Balaban J connectivity index is 1.48. The quantitative estimate of drug-likeness (QED) is 0.865.